The first-order valence-corrected chi connectivity index (χ1v) is 17.1. The second-order valence-corrected chi connectivity index (χ2v) is 12.5. The first-order valence-electron chi connectivity index (χ1n) is 16.2. The summed E-state index contributed by atoms with van der Waals surface area (Å²) in [6, 6.07) is 46.0. The summed E-state index contributed by atoms with van der Waals surface area (Å²) in [5, 5.41) is 8.10. The molecule has 0 saturated carbocycles. The fraction of sp³-hybridized carbons (Fsp3) is 0.0476. The molecule has 3 N–H and O–H groups in total. The molecule has 3 amide bonds. The summed E-state index contributed by atoms with van der Waals surface area (Å²) in [7, 11) is 0. The maximum absolute atomic E-state index is 13.8. The topological polar surface area (TPSA) is 109 Å². The molecule has 1 unspecified atom stereocenters. The third-order valence-electron chi connectivity index (χ3n) is 7.60. The highest BCUT2D eigenvalue weighted by molar-refractivity contribution is 8.00. The van der Waals surface area contributed by atoms with Crippen molar-refractivity contribution in [3.05, 3.63) is 192 Å². The van der Waals surface area contributed by atoms with Gasteiger partial charge < -0.3 is 20.7 Å². The molecule has 0 aliphatic carbocycles. The SMILES string of the molecule is O=C(Nc1cccc(SC(C(=O)Nc2ccncc2)c2ccccc2)c1)/C(=C/c1ccc(OCc2ccccc2)cc1)NC(=O)c1ccccc1. The number of aromatic nitrogens is 1. The van der Waals surface area contributed by atoms with Gasteiger partial charge >= 0.3 is 0 Å². The number of pyridine rings is 1. The molecule has 0 bridgehead atoms. The van der Waals surface area contributed by atoms with Crippen molar-refractivity contribution in [1.29, 1.82) is 0 Å². The number of amides is 3. The summed E-state index contributed by atoms with van der Waals surface area (Å²) in [6.45, 7) is 0.426. The standard InChI is InChI=1S/C42H34N4O4S/c47-40(33-15-8-3-9-16-33)46-38(27-30-19-21-36(22-20-30)50-29-31-11-4-1-5-12-31)41(48)45-35-17-10-18-37(28-35)51-39(32-13-6-2-7-14-32)42(49)44-34-23-25-43-26-24-34/h1-28,39H,29H2,(H,45,48)(H,46,47)(H,43,44,49)/b38-27-. The van der Waals surface area contributed by atoms with Crippen LogP contribution in [0.25, 0.3) is 6.08 Å². The molecule has 0 fully saturated rings. The van der Waals surface area contributed by atoms with Crippen molar-refractivity contribution in [3.63, 3.8) is 0 Å². The van der Waals surface area contributed by atoms with Gasteiger partial charge in [0.05, 0.1) is 0 Å². The van der Waals surface area contributed by atoms with Crippen molar-refractivity contribution < 1.29 is 19.1 Å². The number of anilines is 2. The molecule has 6 aromatic rings. The van der Waals surface area contributed by atoms with Crippen LogP contribution < -0.4 is 20.7 Å². The zero-order chi connectivity index (χ0) is 35.3. The number of nitrogens with zero attached hydrogens (tertiary/aromatic N) is 1. The van der Waals surface area contributed by atoms with Crippen LogP contribution in [0, 0.1) is 0 Å². The van der Waals surface area contributed by atoms with E-state index in [1.807, 2.05) is 97.1 Å². The van der Waals surface area contributed by atoms with E-state index < -0.39 is 17.1 Å². The number of carbonyl (C=O) groups is 3. The number of thioether (sulfide) groups is 1. The predicted molar refractivity (Wildman–Crippen MR) is 202 cm³/mol. The number of rotatable bonds is 13. The summed E-state index contributed by atoms with van der Waals surface area (Å²) >= 11 is 1.36. The van der Waals surface area contributed by atoms with E-state index in [9.17, 15) is 14.4 Å². The Morgan fingerprint density at radius 1 is 0.686 bits per heavy atom. The summed E-state index contributed by atoms with van der Waals surface area (Å²) in [6.07, 6.45) is 4.85. The highest BCUT2D eigenvalue weighted by atomic mass is 32.2. The van der Waals surface area contributed by atoms with E-state index in [-0.39, 0.29) is 11.6 Å². The van der Waals surface area contributed by atoms with E-state index in [2.05, 4.69) is 20.9 Å². The van der Waals surface area contributed by atoms with Gasteiger partial charge in [0.25, 0.3) is 11.8 Å². The average Bonchev–Trinajstić information content (AvgIpc) is 3.18. The lowest BCUT2D eigenvalue weighted by Gasteiger charge is -2.18. The largest absolute Gasteiger partial charge is 0.489 e. The van der Waals surface area contributed by atoms with Gasteiger partial charge in [0.2, 0.25) is 5.91 Å². The minimum absolute atomic E-state index is 0.0544. The van der Waals surface area contributed by atoms with Crippen molar-refractivity contribution in [2.45, 2.75) is 16.8 Å². The van der Waals surface area contributed by atoms with Crippen LogP contribution in [-0.4, -0.2) is 22.7 Å². The van der Waals surface area contributed by atoms with Crippen LogP contribution in [0.3, 0.4) is 0 Å². The Hall–Kier alpha value is -6.45. The van der Waals surface area contributed by atoms with Crippen LogP contribution in [-0.2, 0) is 16.2 Å². The number of carbonyl (C=O) groups excluding carboxylic acids is 3. The lowest BCUT2D eigenvalue weighted by atomic mass is 10.1. The highest BCUT2D eigenvalue weighted by Gasteiger charge is 2.23. The van der Waals surface area contributed by atoms with Crippen molar-refractivity contribution in [3.8, 4) is 5.75 Å². The highest BCUT2D eigenvalue weighted by Crippen LogP contribution is 2.37. The maximum atomic E-state index is 13.8. The van der Waals surface area contributed by atoms with Crippen LogP contribution in [0.2, 0.25) is 0 Å². The predicted octanol–water partition coefficient (Wildman–Crippen LogP) is 8.54. The lowest BCUT2D eigenvalue weighted by Crippen LogP contribution is -2.30. The van der Waals surface area contributed by atoms with Crippen molar-refractivity contribution in [2.24, 2.45) is 0 Å². The minimum Gasteiger partial charge on any atom is -0.489 e. The molecule has 252 valence electrons. The van der Waals surface area contributed by atoms with E-state index in [4.69, 9.17) is 4.74 Å². The van der Waals surface area contributed by atoms with Crippen LogP contribution in [0.1, 0.15) is 32.3 Å². The molecule has 0 spiro atoms. The zero-order valence-corrected chi connectivity index (χ0v) is 28.3. The van der Waals surface area contributed by atoms with E-state index in [1.165, 1.54) is 11.8 Å². The van der Waals surface area contributed by atoms with Crippen molar-refractivity contribution >= 4 is 46.9 Å². The van der Waals surface area contributed by atoms with Gasteiger partial charge in [0.1, 0.15) is 23.3 Å². The molecule has 9 heteroatoms. The van der Waals surface area contributed by atoms with E-state index in [1.54, 1.807) is 73.1 Å². The average molecular weight is 691 g/mol. The molecule has 0 radical (unpaired) electrons. The number of nitrogens with one attached hydrogen (secondary N) is 3. The minimum atomic E-state index is -0.578. The Bertz CT molecular complexity index is 2090. The number of hydrogen-bond donors (Lipinski definition) is 3. The molecule has 51 heavy (non-hydrogen) atoms. The Morgan fingerprint density at radius 3 is 2.06 bits per heavy atom. The molecule has 0 saturated heterocycles. The third kappa shape index (κ3) is 10.0. The Balaban J connectivity index is 1.20. The number of hydrogen-bond acceptors (Lipinski definition) is 6. The molecule has 0 aliphatic heterocycles. The Kier molecular flexibility index (Phi) is 11.7. The molecule has 6 rings (SSSR count). The summed E-state index contributed by atoms with van der Waals surface area (Å²) in [5.74, 6) is -0.457. The molecule has 1 aromatic heterocycles. The van der Waals surface area contributed by atoms with Crippen molar-refractivity contribution in [1.82, 2.24) is 10.3 Å². The fourth-order valence-electron chi connectivity index (χ4n) is 5.04. The summed E-state index contributed by atoms with van der Waals surface area (Å²) in [4.78, 5) is 45.3. The smallest absolute Gasteiger partial charge is 0.272 e. The van der Waals surface area contributed by atoms with Gasteiger partial charge in [-0.05, 0) is 77.4 Å². The van der Waals surface area contributed by atoms with Gasteiger partial charge in [-0.15, -0.1) is 11.8 Å². The Morgan fingerprint density at radius 2 is 1.35 bits per heavy atom. The quantitative estimate of drug-likeness (QED) is 0.0828. The van der Waals surface area contributed by atoms with Crippen LogP contribution >= 0.6 is 11.8 Å². The first kappa shape index (κ1) is 34.4. The second kappa shape index (κ2) is 17.3. The fourth-order valence-corrected chi connectivity index (χ4v) is 6.12. The van der Waals surface area contributed by atoms with Gasteiger partial charge in [0, 0.05) is 34.2 Å². The van der Waals surface area contributed by atoms with Crippen LogP contribution in [0.5, 0.6) is 5.75 Å². The lowest BCUT2D eigenvalue weighted by molar-refractivity contribution is -0.116. The molecule has 0 aliphatic rings. The van der Waals surface area contributed by atoms with Gasteiger partial charge in [-0.2, -0.15) is 0 Å². The molecular weight excluding hydrogens is 657 g/mol. The summed E-state index contributed by atoms with van der Waals surface area (Å²) in [5.41, 5.74) is 4.18. The zero-order valence-electron chi connectivity index (χ0n) is 27.4. The van der Waals surface area contributed by atoms with Gasteiger partial charge in [-0.25, -0.2) is 0 Å². The Labute approximate surface area is 300 Å². The van der Waals surface area contributed by atoms with Gasteiger partial charge in [-0.1, -0.05) is 97.1 Å². The van der Waals surface area contributed by atoms with Crippen LogP contribution in [0.4, 0.5) is 11.4 Å². The normalized spacial score (nSPS) is 11.6. The van der Waals surface area contributed by atoms with E-state index >= 15 is 0 Å². The number of ether oxygens (including phenoxy) is 1. The monoisotopic (exact) mass is 690 g/mol. The number of benzene rings is 5. The van der Waals surface area contributed by atoms with Gasteiger partial charge in [-0.3, -0.25) is 19.4 Å². The maximum Gasteiger partial charge on any atom is 0.272 e. The second-order valence-electron chi connectivity index (χ2n) is 11.3. The van der Waals surface area contributed by atoms with E-state index in [0.717, 1.165) is 16.0 Å². The van der Waals surface area contributed by atoms with Crippen LogP contribution in [0.15, 0.2) is 175 Å². The molecular formula is C42H34N4O4S. The summed E-state index contributed by atoms with van der Waals surface area (Å²) < 4.78 is 5.91. The third-order valence-corrected chi connectivity index (χ3v) is 8.85. The molecule has 5 aromatic carbocycles. The van der Waals surface area contributed by atoms with Crippen molar-refractivity contribution in [2.75, 3.05) is 10.6 Å². The van der Waals surface area contributed by atoms with E-state index in [0.29, 0.717) is 34.9 Å². The first-order chi connectivity index (χ1) is 25.0. The molecule has 1 atom stereocenters. The molecule has 1 heterocycles. The van der Waals surface area contributed by atoms with Gasteiger partial charge in [0.15, 0.2) is 0 Å². The molecule has 8 nitrogen and oxygen atoms in total.